The molecule has 0 heterocycles. The van der Waals surface area contributed by atoms with Crippen LogP contribution in [0.3, 0.4) is 0 Å². The van der Waals surface area contributed by atoms with Crippen LogP contribution in [0.25, 0.3) is 0 Å². The summed E-state index contributed by atoms with van der Waals surface area (Å²) in [4.78, 5) is 8.36. The van der Waals surface area contributed by atoms with Crippen molar-refractivity contribution in [3.63, 3.8) is 0 Å². The second-order valence-electron chi connectivity index (χ2n) is 11.9. The Labute approximate surface area is 194 Å². The maximum absolute atomic E-state index is 11.3. The van der Waals surface area contributed by atoms with E-state index in [-0.39, 0.29) is 29.4 Å². The van der Waals surface area contributed by atoms with Crippen molar-refractivity contribution in [1.29, 1.82) is 0 Å². The third-order valence-electron chi connectivity index (χ3n) is 10.4. The van der Waals surface area contributed by atoms with E-state index in [1.165, 1.54) is 50.5 Å². The molecule has 0 bridgehead atoms. The topological polar surface area (TPSA) is 104 Å². The van der Waals surface area contributed by atoms with Gasteiger partial charge in [0.15, 0.2) is 0 Å². The lowest BCUT2D eigenvalue weighted by Gasteiger charge is -2.65. The predicted molar refractivity (Wildman–Crippen MR) is 128 cm³/mol. The Balaban J connectivity index is 0.000000913. The Bertz CT molecular complexity index is 695. The second kappa shape index (κ2) is 9.76. The van der Waals surface area contributed by atoms with Gasteiger partial charge in [-0.05, 0) is 68.1 Å². The largest absolute Gasteiger partial charge is 0.483 e. The number of carboxylic acid groups (broad SMARTS) is 1. The zero-order chi connectivity index (χ0) is 23.7. The summed E-state index contributed by atoms with van der Waals surface area (Å²) in [5, 5.41) is 28.5. The first kappa shape index (κ1) is 25.7. The summed E-state index contributed by atoms with van der Waals surface area (Å²) in [5.74, 6) is 2.23. The number of rotatable bonds is 5. The van der Waals surface area contributed by atoms with Crippen molar-refractivity contribution in [2.45, 2.75) is 116 Å². The molecule has 4 aliphatic rings. The first-order valence-corrected chi connectivity index (χ1v) is 13.0. The Morgan fingerprint density at radius 2 is 1.84 bits per heavy atom. The number of carbonyl (C=O) groups is 1. The van der Waals surface area contributed by atoms with Crippen LogP contribution >= 0.6 is 0 Å². The van der Waals surface area contributed by atoms with E-state index >= 15 is 0 Å². The van der Waals surface area contributed by atoms with E-state index in [4.69, 9.17) is 15.6 Å². The first-order valence-electron chi connectivity index (χ1n) is 13.0. The summed E-state index contributed by atoms with van der Waals surface area (Å²) in [5.41, 5.74) is 8.49. The van der Waals surface area contributed by atoms with Gasteiger partial charge in [-0.2, -0.15) is 0 Å². The molecule has 32 heavy (non-hydrogen) atoms. The number of aliphatic hydroxyl groups is 2. The maximum atomic E-state index is 11.3. The average molecular weight is 450 g/mol. The molecule has 8 unspecified atom stereocenters. The van der Waals surface area contributed by atoms with Crippen LogP contribution in [-0.4, -0.2) is 39.5 Å². The van der Waals surface area contributed by atoms with Crippen molar-refractivity contribution in [3.8, 4) is 0 Å². The number of unbranched alkanes of at least 4 members (excludes halogenated alkanes) is 2. The highest BCUT2D eigenvalue weighted by Crippen LogP contribution is 2.68. The molecular weight excluding hydrogens is 402 g/mol. The Morgan fingerprint density at radius 1 is 1.16 bits per heavy atom. The number of hydrogen-bond acceptors (Lipinski definition) is 4. The summed E-state index contributed by atoms with van der Waals surface area (Å²) in [6.07, 6.45) is 14.0. The fraction of sp³-hybridized carbons (Fsp3) is 0.889. The summed E-state index contributed by atoms with van der Waals surface area (Å²) >= 11 is 0. The van der Waals surface area contributed by atoms with E-state index in [0.29, 0.717) is 17.8 Å². The zero-order valence-electron chi connectivity index (χ0n) is 20.7. The molecule has 3 fully saturated rings. The monoisotopic (exact) mass is 449 g/mol. The smallest absolute Gasteiger partial charge is 0.290 e. The van der Waals surface area contributed by atoms with Gasteiger partial charge in [-0.1, -0.05) is 65.0 Å². The molecule has 0 radical (unpaired) electrons. The van der Waals surface area contributed by atoms with Gasteiger partial charge in [0.2, 0.25) is 0 Å². The third-order valence-corrected chi connectivity index (χ3v) is 10.4. The molecule has 5 N–H and O–H groups in total. The van der Waals surface area contributed by atoms with Gasteiger partial charge in [-0.15, -0.1) is 0 Å². The van der Waals surface area contributed by atoms with Crippen molar-refractivity contribution in [3.05, 3.63) is 11.6 Å². The van der Waals surface area contributed by atoms with Gasteiger partial charge in [-0.3, -0.25) is 4.79 Å². The lowest BCUT2D eigenvalue weighted by atomic mass is 9.43. The lowest BCUT2D eigenvalue weighted by Crippen LogP contribution is -2.70. The first-order chi connectivity index (χ1) is 15.1. The molecule has 4 rings (SSSR count). The predicted octanol–water partition coefficient (Wildman–Crippen LogP) is 4.90. The Hall–Kier alpha value is -0.910. The highest BCUT2D eigenvalue weighted by Gasteiger charge is 2.66. The molecule has 4 aliphatic carbocycles. The third kappa shape index (κ3) is 4.07. The standard InChI is InChI=1S/C26H45NO2.CH2O2/c1-5-6-7-8-17(2)20-9-10-21-23-22(29)16-18-15-19(28)11-12-25(18,4)26(23,27)14-13-24(20,21)3;2-1-3/h16-17,19-23,28-29H,5-15,27H2,1-4H3;1H,(H,2,3)/t17-,19?,20?,21?,22?,23?,24?,25?,26?;/m1./s1. The Morgan fingerprint density at radius 3 is 2.50 bits per heavy atom. The lowest BCUT2D eigenvalue weighted by molar-refractivity contribution is -0.122. The second-order valence-corrected chi connectivity index (χ2v) is 11.9. The van der Waals surface area contributed by atoms with Crippen molar-refractivity contribution >= 4 is 6.47 Å². The molecule has 9 atom stereocenters. The molecule has 5 heteroatoms. The number of aliphatic hydroxyl groups excluding tert-OH is 2. The van der Waals surface area contributed by atoms with Gasteiger partial charge in [0.25, 0.3) is 6.47 Å². The molecule has 0 saturated heterocycles. The molecule has 5 nitrogen and oxygen atoms in total. The summed E-state index contributed by atoms with van der Waals surface area (Å²) < 4.78 is 0. The van der Waals surface area contributed by atoms with Crippen LogP contribution in [0, 0.1) is 34.5 Å². The van der Waals surface area contributed by atoms with Crippen LogP contribution in [0.4, 0.5) is 0 Å². The minimum atomic E-state index is -0.452. The van der Waals surface area contributed by atoms with Gasteiger partial charge >= 0.3 is 0 Å². The number of fused-ring (bicyclic) bond motifs is 5. The molecule has 0 aromatic rings. The van der Waals surface area contributed by atoms with Crippen LogP contribution < -0.4 is 5.73 Å². The van der Waals surface area contributed by atoms with Gasteiger partial charge in [0.05, 0.1) is 12.2 Å². The van der Waals surface area contributed by atoms with Gasteiger partial charge in [0, 0.05) is 16.9 Å². The average Bonchev–Trinajstić information content (AvgIpc) is 3.08. The summed E-state index contributed by atoms with van der Waals surface area (Å²) in [6.45, 7) is 9.39. The van der Waals surface area contributed by atoms with Crippen LogP contribution in [0.5, 0.6) is 0 Å². The minimum Gasteiger partial charge on any atom is -0.483 e. The Kier molecular flexibility index (Phi) is 7.84. The minimum absolute atomic E-state index is 0.0672. The molecule has 3 saturated carbocycles. The SMILES string of the molecule is CCCCC[C@@H](C)C1CCC2C3C(O)C=C4CC(O)CCC4(C)C3(N)CCC21C.O=CO. The number of hydrogen-bond donors (Lipinski definition) is 4. The van der Waals surface area contributed by atoms with Crippen molar-refractivity contribution in [2.75, 3.05) is 0 Å². The van der Waals surface area contributed by atoms with Crippen molar-refractivity contribution in [2.24, 2.45) is 40.2 Å². The molecule has 184 valence electrons. The molecule has 0 amide bonds. The van der Waals surface area contributed by atoms with Crippen molar-refractivity contribution < 1.29 is 20.1 Å². The van der Waals surface area contributed by atoms with E-state index in [9.17, 15) is 10.2 Å². The van der Waals surface area contributed by atoms with Crippen LogP contribution in [0.2, 0.25) is 0 Å². The maximum Gasteiger partial charge on any atom is 0.290 e. The van der Waals surface area contributed by atoms with Crippen molar-refractivity contribution in [1.82, 2.24) is 0 Å². The summed E-state index contributed by atoms with van der Waals surface area (Å²) in [7, 11) is 0. The normalized spacial score (nSPS) is 46.0. The van der Waals surface area contributed by atoms with E-state index in [1.54, 1.807) is 0 Å². The van der Waals surface area contributed by atoms with Crippen LogP contribution in [0.15, 0.2) is 11.6 Å². The fourth-order valence-corrected chi connectivity index (χ4v) is 8.58. The molecule has 0 spiro atoms. The van der Waals surface area contributed by atoms with Crippen LogP contribution in [-0.2, 0) is 4.79 Å². The van der Waals surface area contributed by atoms with E-state index in [1.807, 2.05) is 0 Å². The molecule has 0 aliphatic heterocycles. The van der Waals surface area contributed by atoms with Gasteiger partial charge in [0.1, 0.15) is 0 Å². The molecular formula is C27H47NO4. The van der Waals surface area contributed by atoms with Gasteiger partial charge in [-0.25, -0.2) is 0 Å². The molecule has 0 aromatic carbocycles. The highest BCUT2D eigenvalue weighted by molar-refractivity contribution is 5.34. The zero-order valence-corrected chi connectivity index (χ0v) is 20.7. The number of nitrogens with two attached hydrogens (primary N) is 1. The quantitative estimate of drug-likeness (QED) is 0.272. The summed E-state index contributed by atoms with van der Waals surface area (Å²) in [6, 6.07) is 0. The molecule has 0 aromatic heterocycles. The van der Waals surface area contributed by atoms with E-state index in [2.05, 4.69) is 33.8 Å². The fourth-order valence-electron chi connectivity index (χ4n) is 8.58. The van der Waals surface area contributed by atoms with Gasteiger partial charge < -0.3 is 21.1 Å². The highest BCUT2D eigenvalue weighted by atomic mass is 16.3. The van der Waals surface area contributed by atoms with E-state index in [0.717, 1.165) is 31.1 Å². The van der Waals surface area contributed by atoms with Crippen LogP contribution in [0.1, 0.15) is 98.3 Å². The van der Waals surface area contributed by atoms with E-state index < -0.39 is 6.10 Å².